The smallest absolute Gasteiger partial charge is 0.190 e. The molecular weight excluding hydrogens is 210 g/mol. The molecule has 0 aliphatic heterocycles. The van der Waals surface area contributed by atoms with Crippen LogP contribution in [0.25, 0.3) is 0 Å². The summed E-state index contributed by atoms with van der Waals surface area (Å²) in [5.41, 5.74) is 0. The number of alkyl halides is 3. The highest BCUT2D eigenvalue weighted by molar-refractivity contribution is 6.67. The van der Waals surface area contributed by atoms with Gasteiger partial charge in [-0.1, -0.05) is 47.3 Å². The third kappa shape index (κ3) is 9.05. The minimum absolute atomic E-state index is 0.268. The molecule has 0 saturated carbocycles. The molecule has 0 saturated heterocycles. The summed E-state index contributed by atoms with van der Waals surface area (Å²) in [5, 5.41) is 8.46. The summed E-state index contributed by atoms with van der Waals surface area (Å²) in [7, 11) is -0.268. The van der Waals surface area contributed by atoms with E-state index in [9.17, 15) is 0 Å². The molecule has 0 unspecified atom stereocenters. The maximum atomic E-state index is 8.46. The van der Waals surface area contributed by atoms with E-state index in [0.717, 1.165) is 12.5 Å². The van der Waals surface area contributed by atoms with Crippen LogP contribution in [0.2, 0.25) is 6.04 Å². The first-order valence-corrected chi connectivity index (χ1v) is 6.37. The average Bonchev–Trinajstić information content (AvgIpc) is 1.78. The fraction of sp³-hybridized carbons (Fsp3) is 1.00. The molecule has 0 atom stereocenters. The van der Waals surface area contributed by atoms with Crippen LogP contribution in [-0.4, -0.2) is 24.6 Å². The van der Waals surface area contributed by atoms with Crippen LogP contribution in [0.4, 0.5) is 0 Å². The predicted molar refractivity (Wildman–Crippen MR) is 50.0 cm³/mol. The van der Waals surface area contributed by atoms with E-state index < -0.39 is 3.79 Å². The highest BCUT2D eigenvalue weighted by Crippen LogP contribution is 2.31. The fourth-order valence-corrected chi connectivity index (χ4v) is 1.84. The van der Waals surface area contributed by atoms with E-state index in [-0.39, 0.29) is 9.52 Å². The highest BCUT2D eigenvalue weighted by atomic mass is 35.6. The second kappa shape index (κ2) is 5.67. The third-order valence-corrected chi connectivity index (χ3v) is 3.00. The lowest BCUT2D eigenvalue weighted by atomic mass is 10.4. The Morgan fingerprint density at radius 1 is 1.30 bits per heavy atom. The van der Waals surface area contributed by atoms with Crippen LogP contribution >= 0.6 is 34.8 Å². The van der Waals surface area contributed by atoms with Crippen molar-refractivity contribution in [3.8, 4) is 0 Å². The van der Waals surface area contributed by atoms with Crippen molar-refractivity contribution in [1.29, 1.82) is 0 Å². The lowest BCUT2D eigenvalue weighted by Gasteiger charge is -2.08. The van der Waals surface area contributed by atoms with E-state index in [1.807, 2.05) is 0 Å². The van der Waals surface area contributed by atoms with Gasteiger partial charge in [0.25, 0.3) is 0 Å². The van der Waals surface area contributed by atoms with Gasteiger partial charge in [0.2, 0.25) is 0 Å². The maximum absolute atomic E-state index is 8.46. The number of aliphatic hydroxyl groups excluding tert-OH is 1. The van der Waals surface area contributed by atoms with Gasteiger partial charge in [0, 0.05) is 6.23 Å². The Morgan fingerprint density at radius 3 is 2.30 bits per heavy atom. The van der Waals surface area contributed by atoms with Gasteiger partial charge in [-0.05, 0) is 6.42 Å². The molecule has 0 aromatic carbocycles. The predicted octanol–water partition coefficient (Wildman–Crippen LogP) is 1.67. The van der Waals surface area contributed by atoms with Crippen LogP contribution in [0, 0.1) is 0 Å². The number of hydrogen-bond donors (Lipinski definition) is 1. The lowest BCUT2D eigenvalue weighted by molar-refractivity contribution is 0.365. The van der Waals surface area contributed by atoms with E-state index >= 15 is 0 Å². The van der Waals surface area contributed by atoms with Crippen LogP contribution < -0.4 is 0 Å². The quantitative estimate of drug-likeness (QED) is 0.435. The molecule has 0 aromatic heterocycles. The van der Waals surface area contributed by atoms with Crippen molar-refractivity contribution in [1.82, 2.24) is 0 Å². The van der Waals surface area contributed by atoms with Gasteiger partial charge in [-0.3, -0.25) is 0 Å². The minimum Gasteiger partial charge on any atom is -0.400 e. The Morgan fingerprint density at radius 2 is 1.90 bits per heavy atom. The minimum atomic E-state index is -1.09. The first-order chi connectivity index (χ1) is 4.56. The topological polar surface area (TPSA) is 20.2 Å². The van der Waals surface area contributed by atoms with Crippen molar-refractivity contribution in [3.05, 3.63) is 0 Å². The number of hydrogen-bond acceptors (Lipinski definition) is 1. The Bertz CT molecular complexity index is 83.5. The summed E-state index contributed by atoms with van der Waals surface area (Å²) < 4.78 is -1.09. The molecular formula is C5H11Cl3OSi. The molecule has 62 valence electrons. The van der Waals surface area contributed by atoms with Crippen LogP contribution in [0.3, 0.4) is 0 Å². The average molecular weight is 222 g/mol. The second-order valence-corrected chi connectivity index (χ2v) is 6.53. The first-order valence-electron chi connectivity index (χ1n) is 3.24. The van der Waals surface area contributed by atoms with Gasteiger partial charge >= 0.3 is 0 Å². The van der Waals surface area contributed by atoms with Crippen LogP contribution in [0.5, 0.6) is 0 Å². The van der Waals surface area contributed by atoms with Gasteiger partial charge < -0.3 is 5.11 Å². The molecule has 10 heavy (non-hydrogen) atoms. The zero-order valence-corrected chi connectivity index (χ0v) is 9.30. The molecule has 1 nitrogen and oxygen atoms in total. The van der Waals surface area contributed by atoms with E-state index in [2.05, 4.69) is 0 Å². The normalized spacial score (nSPS) is 13.2. The van der Waals surface area contributed by atoms with Crippen molar-refractivity contribution in [3.63, 3.8) is 0 Å². The number of aliphatic hydroxyl groups is 1. The number of halogens is 3. The molecule has 0 radical (unpaired) electrons. The Balaban J connectivity index is 3.04. The van der Waals surface area contributed by atoms with Crippen LogP contribution in [-0.2, 0) is 0 Å². The standard InChI is InChI=1S/C5H11Cl3OSi/c6-5(7,8)2-1-3-10-4-9/h9H,1-4,10H2. The summed E-state index contributed by atoms with van der Waals surface area (Å²) in [6.07, 6.45) is 1.88. The van der Waals surface area contributed by atoms with E-state index in [0.29, 0.717) is 12.7 Å². The van der Waals surface area contributed by atoms with Gasteiger partial charge in [-0.25, -0.2) is 0 Å². The van der Waals surface area contributed by atoms with E-state index in [1.54, 1.807) is 0 Å². The molecule has 1 N–H and O–H groups in total. The van der Waals surface area contributed by atoms with E-state index in [1.165, 1.54) is 0 Å². The molecule has 0 aliphatic carbocycles. The van der Waals surface area contributed by atoms with Crippen molar-refractivity contribution in [2.75, 3.05) is 6.23 Å². The van der Waals surface area contributed by atoms with Crippen LogP contribution in [0.15, 0.2) is 0 Å². The largest absolute Gasteiger partial charge is 0.400 e. The molecule has 0 bridgehead atoms. The molecule has 0 aliphatic rings. The van der Waals surface area contributed by atoms with Crippen molar-refractivity contribution < 1.29 is 5.11 Å². The highest BCUT2D eigenvalue weighted by Gasteiger charge is 2.17. The third-order valence-electron chi connectivity index (χ3n) is 1.12. The van der Waals surface area contributed by atoms with Crippen molar-refractivity contribution in [2.24, 2.45) is 0 Å². The SMILES string of the molecule is OC[SiH2]CCCC(Cl)(Cl)Cl. The molecule has 0 heterocycles. The maximum Gasteiger partial charge on any atom is 0.190 e. The van der Waals surface area contributed by atoms with Crippen LogP contribution in [0.1, 0.15) is 12.8 Å². The Hall–Kier alpha value is 1.05. The summed E-state index contributed by atoms with van der Waals surface area (Å²) in [6, 6.07) is 1.06. The molecule has 0 spiro atoms. The number of rotatable bonds is 4. The first kappa shape index (κ1) is 11.0. The van der Waals surface area contributed by atoms with E-state index in [4.69, 9.17) is 39.9 Å². The molecule has 0 amide bonds. The van der Waals surface area contributed by atoms with Gasteiger partial charge in [0.1, 0.15) is 0 Å². The van der Waals surface area contributed by atoms with Crippen molar-refractivity contribution in [2.45, 2.75) is 22.7 Å². The Labute approximate surface area is 78.5 Å². The summed E-state index contributed by atoms with van der Waals surface area (Å²) in [5.74, 6) is 0. The lowest BCUT2D eigenvalue weighted by Crippen LogP contribution is -2.03. The molecule has 0 aromatic rings. The second-order valence-electron chi connectivity index (χ2n) is 2.15. The monoisotopic (exact) mass is 220 g/mol. The fourth-order valence-electron chi connectivity index (χ4n) is 0.614. The zero-order valence-electron chi connectivity index (χ0n) is 5.62. The molecule has 0 rings (SSSR count). The van der Waals surface area contributed by atoms with Gasteiger partial charge in [0.15, 0.2) is 3.79 Å². The summed E-state index contributed by atoms with van der Waals surface area (Å²) >= 11 is 16.5. The Kier molecular flexibility index (Phi) is 6.26. The van der Waals surface area contributed by atoms with Gasteiger partial charge in [-0.2, -0.15) is 0 Å². The van der Waals surface area contributed by atoms with Crippen molar-refractivity contribution >= 4 is 44.3 Å². The van der Waals surface area contributed by atoms with Gasteiger partial charge in [-0.15, -0.1) is 0 Å². The summed E-state index contributed by atoms with van der Waals surface area (Å²) in [6.45, 7) is 0. The summed E-state index contributed by atoms with van der Waals surface area (Å²) in [4.78, 5) is 0. The molecule has 5 heteroatoms. The van der Waals surface area contributed by atoms with Gasteiger partial charge in [0.05, 0.1) is 9.52 Å². The molecule has 0 fully saturated rings. The zero-order chi connectivity index (χ0) is 8.04.